The summed E-state index contributed by atoms with van der Waals surface area (Å²) in [7, 11) is 0. The molecule has 2 nitrogen and oxygen atoms in total. The van der Waals surface area contributed by atoms with E-state index in [0.29, 0.717) is 5.92 Å². The maximum atomic E-state index is 11.1. The molecule has 0 aliphatic heterocycles. The van der Waals surface area contributed by atoms with E-state index in [1.165, 1.54) is 24.6 Å². The van der Waals surface area contributed by atoms with E-state index in [0.717, 1.165) is 23.4 Å². The van der Waals surface area contributed by atoms with Crippen molar-refractivity contribution in [3.05, 3.63) is 36.0 Å². The second-order valence-corrected chi connectivity index (χ2v) is 5.75. The molecule has 1 aromatic carbocycles. The Morgan fingerprint density at radius 2 is 2.18 bits per heavy atom. The molecule has 1 aromatic heterocycles. The normalized spacial score (nSPS) is 35.8. The Hall–Kier alpha value is -1.28. The minimum absolute atomic E-state index is 0.480. The first kappa shape index (κ1) is 9.72. The van der Waals surface area contributed by atoms with Crippen molar-refractivity contribution in [3.63, 3.8) is 0 Å². The highest BCUT2D eigenvalue weighted by Crippen LogP contribution is 2.56. The monoisotopic (exact) mass is 227 g/mol. The highest BCUT2D eigenvalue weighted by molar-refractivity contribution is 5.83. The lowest BCUT2D eigenvalue weighted by Gasteiger charge is -2.33. The Bertz CT molecular complexity index is 573. The van der Waals surface area contributed by atoms with Crippen molar-refractivity contribution in [1.82, 2.24) is 4.98 Å². The van der Waals surface area contributed by atoms with E-state index in [2.05, 4.69) is 29.2 Å². The third-order valence-corrected chi connectivity index (χ3v) is 4.88. The summed E-state index contributed by atoms with van der Waals surface area (Å²) in [6.45, 7) is 0. The molecule has 0 spiro atoms. The molecule has 3 unspecified atom stereocenters. The summed E-state index contributed by atoms with van der Waals surface area (Å²) in [6.07, 6.45) is 6.65. The summed E-state index contributed by atoms with van der Waals surface area (Å²) < 4.78 is 0. The molecule has 0 saturated heterocycles. The average molecular weight is 227 g/mol. The van der Waals surface area contributed by atoms with Gasteiger partial charge in [-0.25, -0.2) is 0 Å². The smallest absolute Gasteiger partial charge is 0.0933 e. The fourth-order valence-electron chi connectivity index (χ4n) is 4.09. The number of aliphatic hydroxyl groups is 1. The van der Waals surface area contributed by atoms with Crippen molar-refractivity contribution in [2.75, 3.05) is 0 Å². The summed E-state index contributed by atoms with van der Waals surface area (Å²) in [5.41, 5.74) is 1.71. The van der Waals surface area contributed by atoms with Crippen molar-refractivity contribution in [2.24, 2.45) is 11.8 Å². The molecule has 2 aliphatic carbocycles. The van der Waals surface area contributed by atoms with Gasteiger partial charge in [0.1, 0.15) is 0 Å². The van der Waals surface area contributed by atoms with Crippen molar-refractivity contribution >= 4 is 10.9 Å². The van der Waals surface area contributed by atoms with Crippen LogP contribution < -0.4 is 0 Å². The topological polar surface area (TPSA) is 36.0 Å². The van der Waals surface area contributed by atoms with Crippen molar-refractivity contribution in [3.8, 4) is 0 Å². The Balaban J connectivity index is 1.91. The summed E-state index contributed by atoms with van der Waals surface area (Å²) in [5.74, 6) is 1.23. The van der Waals surface area contributed by atoms with Gasteiger partial charge in [0.2, 0.25) is 0 Å². The van der Waals surface area contributed by atoms with Gasteiger partial charge in [-0.1, -0.05) is 12.1 Å². The summed E-state index contributed by atoms with van der Waals surface area (Å²) >= 11 is 0. The number of aromatic amines is 1. The lowest BCUT2D eigenvalue weighted by Crippen LogP contribution is -2.32. The number of nitrogens with one attached hydrogen (secondary N) is 1. The first-order chi connectivity index (χ1) is 8.27. The molecule has 88 valence electrons. The Labute approximate surface area is 101 Å². The molecule has 2 bridgehead atoms. The van der Waals surface area contributed by atoms with E-state index >= 15 is 0 Å². The molecule has 2 aliphatic rings. The molecule has 0 amide bonds. The predicted octanol–water partition coefficient (Wildman–Crippen LogP) is 3.18. The second kappa shape index (κ2) is 3.14. The molecule has 17 heavy (non-hydrogen) atoms. The molecule has 1 heterocycles. The van der Waals surface area contributed by atoms with E-state index < -0.39 is 5.60 Å². The van der Waals surface area contributed by atoms with Gasteiger partial charge in [-0.15, -0.1) is 0 Å². The molecular formula is C15H17NO. The number of hydrogen-bond acceptors (Lipinski definition) is 1. The molecule has 4 rings (SSSR count). The standard InChI is InChI=1S/C15H17NO/c17-15(9-10-4-5-11(15)8-10)13-2-1-3-14-12(13)6-7-16-14/h1-3,6-7,10-11,16-17H,4-5,8-9H2. The van der Waals surface area contributed by atoms with E-state index in [4.69, 9.17) is 0 Å². The first-order valence-corrected chi connectivity index (χ1v) is 6.56. The van der Waals surface area contributed by atoms with Crippen molar-refractivity contribution in [2.45, 2.75) is 31.3 Å². The lowest BCUT2D eigenvalue weighted by molar-refractivity contribution is -0.0168. The third kappa shape index (κ3) is 1.19. The van der Waals surface area contributed by atoms with Crippen LogP contribution in [0.25, 0.3) is 10.9 Å². The zero-order valence-electron chi connectivity index (χ0n) is 9.82. The van der Waals surface area contributed by atoms with Gasteiger partial charge in [0.25, 0.3) is 0 Å². The molecule has 2 saturated carbocycles. The fourth-order valence-corrected chi connectivity index (χ4v) is 4.09. The number of aromatic nitrogens is 1. The maximum absolute atomic E-state index is 11.1. The van der Waals surface area contributed by atoms with Crippen LogP contribution in [0.5, 0.6) is 0 Å². The molecule has 2 fully saturated rings. The molecular weight excluding hydrogens is 210 g/mol. The van der Waals surface area contributed by atoms with E-state index in [1.807, 2.05) is 6.20 Å². The van der Waals surface area contributed by atoms with E-state index in [9.17, 15) is 5.11 Å². The van der Waals surface area contributed by atoms with Crippen LogP contribution in [0.1, 0.15) is 31.2 Å². The second-order valence-electron chi connectivity index (χ2n) is 5.75. The van der Waals surface area contributed by atoms with Crippen LogP contribution >= 0.6 is 0 Å². The third-order valence-electron chi connectivity index (χ3n) is 4.88. The van der Waals surface area contributed by atoms with E-state index in [1.54, 1.807) is 0 Å². The van der Waals surface area contributed by atoms with Crippen molar-refractivity contribution < 1.29 is 5.11 Å². The van der Waals surface area contributed by atoms with Gasteiger partial charge in [-0.05, 0) is 55.2 Å². The van der Waals surface area contributed by atoms with Crippen LogP contribution in [0.4, 0.5) is 0 Å². The minimum Gasteiger partial charge on any atom is -0.385 e. The Morgan fingerprint density at radius 1 is 1.24 bits per heavy atom. The number of fused-ring (bicyclic) bond motifs is 3. The first-order valence-electron chi connectivity index (χ1n) is 6.56. The summed E-state index contributed by atoms with van der Waals surface area (Å²) in [5, 5.41) is 12.3. The van der Waals surface area contributed by atoms with E-state index in [-0.39, 0.29) is 0 Å². The molecule has 3 atom stereocenters. The lowest BCUT2D eigenvalue weighted by atomic mass is 9.78. The van der Waals surface area contributed by atoms with Crippen LogP contribution in [-0.4, -0.2) is 10.1 Å². The van der Waals surface area contributed by atoms with Crippen LogP contribution in [0, 0.1) is 11.8 Å². The maximum Gasteiger partial charge on any atom is 0.0933 e. The largest absolute Gasteiger partial charge is 0.385 e. The van der Waals surface area contributed by atoms with Gasteiger partial charge in [0.15, 0.2) is 0 Å². The molecule has 2 N–H and O–H groups in total. The van der Waals surface area contributed by atoms with Gasteiger partial charge in [-0.2, -0.15) is 0 Å². The highest BCUT2D eigenvalue weighted by Gasteiger charge is 2.51. The van der Waals surface area contributed by atoms with Crippen molar-refractivity contribution in [1.29, 1.82) is 0 Å². The van der Waals surface area contributed by atoms with Crippen LogP contribution in [0.15, 0.2) is 30.5 Å². The Kier molecular flexibility index (Phi) is 1.79. The van der Waals surface area contributed by atoms with Gasteiger partial charge >= 0.3 is 0 Å². The molecule has 0 radical (unpaired) electrons. The quantitative estimate of drug-likeness (QED) is 0.771. The number of rotatable bonds is 1. The minimum atomic E-state index is -0.565. The fraction of sp³-hybridized carbons (Fsp3) is 0.467. The van der Waals surface area contributed by atoms with Gasteiger partial charge in [0, 0.05) is 17.1 Å². The summed E-state index contributed by atoms with van der Waals surface area (Å²) in [4.78, 5) is 3.23. The van der Waals surface area contributed by atoms with Gasteiger partial charge < -0.3 is 10.1 Å². The highest BCUT2D eigenvalue weighted by atomic mass is 16.3. The van der Waals surface area contributed by atoms with Crippen LogP contribution in [0.2, 0.25) is 0 Å². The molecule has 2 aromatic rings. The number of hydrogen-bond donors (Lipinski definition) is 2. The zero-order chi connectivity index (χ0) is 11.5. The van der Waals surface area contributed by atoms with Gasteiger partial charge in [0.05, 0.1) is 5.60 Å². The zero-order valence-corrected chi connectivity index (χ0v) is 9.82. The predicted molar refractivity (Wildman–Crippen MR) is 67.6 cm³/mol. The summed E-state index contributed by atoms with van der Waals surface area (Å²) in [6, 6.07) is 8.33. The number of benzene rings is 1. The number of H-pyrrole nitrogens is 1. The average Bonchev–Trinajstić information content (AvgIpc) is 3.02. The molecule has 2 heteroatoms. The van der Waals surface area contributed by atoms with Gasteiger partial charge in [-0.3, -0.25) is 0 Å². The van der Waals surface area contributed by atoms with Crippen LogP contribution in [-0.2, 0) is 5.60 Å². The Morgan fingerprint density at radius 3 is 2.94 bits per heavy atom. The SMILES string of the molecule is OC1(c2cccc3[nH]ccc23)CC2CCC1C2. The van der Waals surface area contributed by atoms with Crippen LogP contribution in [0.3, 0.4) is 0 Å².